The highest BCUT2D eigenvalue weighted by molar-refractivity contribution is 7.85. The van der Waals surface area contributed by atoms with E-state index in [1.165, 1.54) is 0 Å². The molecule has 4 nitrogen and oxygen atoms in total. The fourth-order valence-corrected chi connectivity index (χ4v) is 1.87. The van der Waals surface area contributed by atoms with Crippen LogP contribution in [0.5, 0.6) is 0 Å². The quantitative estimate of drug-likeness (QED) is 0.733. The van der Waals surface area contributed by atoms with Gasteiger partial charge in [-0.05, 0) is 12.5 Å². The van der Waals surface area contributed by atoms with E-state index in [2.05, 4.69) is 0 Å². The van der Waals surface area contributed by atoms with E-state index in [1.54, 1.807) is 18.2 Å². The van der Waals surface area contributed by atoms with Gasteiger partial charge in [0.2, 0.25) is 0 Å². The van der Waals surface area contributed by atoms with Crippen molar-refractivity contribution in [3.63, 3.8) is 0 Å². The Morgan fingerprint density at radius 3 is 2.64 bits per heavy atom. The first kappa shape index (κ1) is 11.2. The fourth-order valence-electron chi connectivity index (χ4n) is 1.22. The van der Waals surface area contributed by atoms with E-state index < -0.39 is 21.9 Å². The highest BCUT2D eigenvalue weighted by atomic mass is 32.2. The number of rotatable bonds is 3. The zero-order chi connectivity index (χ0) is 10.8. The first-order valence-corrected chi connectivity index (χ1v) is 5.77. The number of nitrogens with two attached hydrogens (primary N) is 1. The van der Waals surface area contributed by atoms with Crippen LogP contribution in [0.25, 0.3) is 0 Å². The average Bonchev–Trinajstić information content (AvgIpc) is 2.01. The molecule has 1 aromatic rings. The second-order valence-electron chi connectivity index (χ2n) is 3.27. The molecule has 0 fully saturated rings. The lowest BCUT2D eigenvalue weighted by atomic mass is 10.1. The predicted octanol–water partition coefficient (Wildman–Crippen LogP) is 0.883. The van der Waals surface area contributed by atoms with Gasteiger partial charge in [-0.15, -0.1) is 0 Å². The van der Waals surface area contributed by atoms with Crippen molar-refractivity contribution in [2.24, 2.45) is 5.73 Å². The van der Waals surface area contributed by atoms with Gasteiger partial charge < -0.3 is 5.73 Å². The van der Waals surface area contributed by atoms with Crippen LogP contribution in [0.2, 0.25) is 0 Å². The molecule has 0 spiro atoms. The molecule has 0 aromatic heterocycles. The third-order valence-electron chi connectivity index (χ3n) is 1.86. The molecule has 3 N–H and O–H groups in total. The van der Waals surface area contributed by atoms with Gasteiger partial charge in [0.15, 0.2) is 0 Å². The van der Waals surface area contributed by atoms with Crippen molar-refractivity contribution in [3.8, 4) is 0 Å². The largest absolute Gasteiger partial charge is 0.323 e. The first-order chi connectivity index (χ1) is 6.38. The van der Waals surface area contributed by atoms with E-state index in [9.17, 15) is 8.42 Å². The normalized spacial score (nSPS) is 13.9. The summed E-state index contributed by atoms with van der Waals surface area (Å²) >= 11 is 0. The summed E-state index contributed by atoms with van der Waals surface area (Å²) in [5, 5.41) is 0. The van der Waals surface area contributed by atoms with Crippen LogP contribution in [0, 0.1) is 6.92 Å². The standard InChI is InChI=1S/C9H13NO3S/c1-7-3-2-4-8(5-7)9(10)6-14(11,12)13/h2-5,9H,6,10H2,1H3,(H,11,12,13). The van der Waals surface area contributed by atoms with Crippen molar-refractivity contribution in [2.75, 3.05) is 5.75 Å². The molecule has 0 amide bonds. The highest BCUT2D eigenvalue weighted by Crippen LogP contribution is 2.13. The molecule has 5 heteroatoms. The average molecular weight is 215 g/mol. The Kier molecular flexibility index (Phi) is 3.25. The maximum Gasteiger partial charge on any atom is 0.266 e. The molecule has 0 aliphatic heterocycles. The van der Waals surface area contributed by atoms with Crippen LogP contribution in [-0.4, -0.2) is 18.7 Å². The van der Waals surface area contributed by atoms with E-state index in [4.69, 9.17) is 10.3 Å². The molecule has 0 bridgehead atoms. The van der Waals surface area contributed by atoms with Crippen LogP contribution in [0.15, 0.2) is 24.3 Å². The molecular formula is C9H13NO3S. The van der Waals surface area contributed by atoms with Gasteiger partial charge in [0.25, 0.3) is 10.1 Å². The summed E-state index contributed by atoms with van der Waals surface area (Å²) in [5.74, 6) is -0.448. The van der Waals surface area contributed by atoms with E-state index >= 15 is 0 Å². The Labute approximate surface area is 83.5 Å². The predicted molar refractivity (Wildman–Crippen MR) is 54.5 cm³/mol. The molecule has 0 saturated heterocycles. The maximum absolute atomic E-state index is 10.6. The number of hydrogen-bond donors (Lipinski definition) is 2. The van der Waals surface area contributed by atoms with E-state index in [1.807, 2.05) is 13.0 Å². The third kappa shape index (κ3) is 3.45. The SMILES string of the molecule is Cc1cccc(C(N)CS(=O)(=O)O)c1. The molecule has 1 rings (SSSR count). The Hall–Kier alpha value is -0.910. The lowest BCUT2D eigenvalue weighted by Crippen LogP contribution is -2.21. The van der Waals surface area contributed by atoms with Gasteiger partial charge >= 0.3 is 0 Å². The summed E-state index contributed by atoms with van der Waals surface area (Å²) < 4.78 is 29.8. The van der Waals surface area contributed by atoms with E-state index in [0.29, 0.717) is 5.56 Å². The molecule has 1 unspecified atom stereocenters. The molecule has 78 valence electrons. The van der Waals surface area contributed by atoms with Gasteiger partial charge in [-0.25, -0.2) is 0 Å². The Bertz CT molecular complexity index is 414. The summed E-state index contributed by atoms with van der Waals surface area (Å²) in [6, 6.07) is 6.56. The van der Waals surface area contributed by atoms with Gasteiger partial charge in [-0.1, -0.05) is 29.8 Å². The second kappa shape index (κ2) is 4.08. The minimum absolute atomic E-state index is 0.448. The minimum atomic E-state index is -4.01. The number of hydrogen-bond acceptors (Lipinski definition) is 3. The lowest BCUT2D eigenvalue weighted by Gasteiger charge is -2.10. The zero-order valence-electron chi connectivity index (χ0n) is 7.84. The van der Waals surface area contributed by atoms with Crippen LogP contribution >= 0.6 is 0 Å². The first-order valence-electron chi connectivity index (χ1n) is 4.16. The highest BCUT2D eigenvalue weighted by Gasteiger charge is 2.14. The molecule has 1 atom stereocenters. The van der Waals surface area contributed by atoms with Gasteiger partial charge in [-0.2, -0.15) is 8.42 Å². The Morgan fingerprint density at radius 1 is 1.50 bits per heavy atom. The Balaban J connectivity index is 2.85. The number of aryl methyl sites for hydroxylation is 1. The van der Waals surface area contributed by atoms with Crippen molar-refractivity contribution in [3.05, 3.63) is 35.4 Å². The monoisotopic (exact) mass is 215 g/mol. The van der Waals surface area contributed by atoms with Gasteiger partial charge in [0.05, 0.1) is 5.75 Å². The van der Waals surface area contributed by atoms with Gasteiger partial charge in [0.1, 0.15) is 0 Å². The molecule has 0 aliphatic carbocycles. The van der Waals surface area contributed by atoms with Crippen molar-refractivity contribution in [2.45, 2.75) is 13.0 Å². The third-order valence-corrected chi connectivity index (χ3v) is 2.64. The molecular weight excluding hydrogens is 202 g/mol. The molecule has 14 heavy (non-hydrogen) atoms. The van der Waals surface area contributed by atoms with Gasteiger partial charge in [0, 0.05) is 6.04 Å². The summed E-state index contributed by atoms with van der Waals surface area (Å²) in [5.41, 5.74) is 7.33. The van der Waals surface area contributed by atoms with Crippen LogP contribution in [0.3, 0.4) is 0 Å². The van der Waals surface area contributed by atoms with Crippen LogP contribution in [0.4, 0.5) is 0 Å². The molecule has 0 heterocycles. The minimum Gasteiger partial charge on any atom is -0.323 e. The topological polar surface area (TPSA) is 80.4 Å². The van der Waals surface area contributed by atoms with E-state index in [-0.39, 0.29) is 0 Å². The van der Waals surface area contributed by atoms with Crippen molar-refractivity contribution in [1.82, 2.24) is 0 Å². The van der Waals surface area contributed by atoms with Crippen molar-refractivity contribution >= 4 is 10.1 Å². The number of benzene rings is 1. The Morgan fingerprint density at radius 2 is 2.14 bits per heavy atom. The lowest BCUT2D eigenvalue weighted by molar-refractivity contribution is 0.478. The molecule has 1 aromatic carbocycles. The molecule has 0 saturated carbocycles. The molecule has 0 aliphatic rings. The van der Waals surface area contributed by atoms with Crippen LogP contribution in [-0.2, 0) is 10.1 Å². The van der Waals surface area contributed by atoms with Crippen molar-refractivity contribution in [1.29, 1.82) is 0 Å². The smallest absolute Gasteiger partial charge is 0.266 e. The van der Waals surface area contributed by atoms with E-state index in [0.717, 1.165) is 5.56 Å². The maximum atomic E-state index is 10.6. The van der Waals surface area contributed by atoms with Crippen LogP contribution in [0.1, 0.15) is 17.2 Å². The second-order valence-corrected chi connectivity index (χ2v) is 4.77. The van der Waals surface area contributed by atoms with Crippen LogP contribution < -0.4 is 5.73 Å². The zero-order valence-corrected chi connectivity index (χ0v) is 8.66. The van der Waals surface area contributed by atoms with Gasteiger partial charge in [-0.3, -0.25) is 4.55 Å². The summed E-state index contributed by atoms with van der Waals surface area (Å²) in [4.78, 5) is 0. The summed E-state index contributed by atoms with van der Waals surface area (Å²) in [6.45, 7) is 1.89. The summed E-state index contributed by atoms with van der Waals surface area (Å²) in [6.07, 6.45) is 0. The van der Waals surface area contributed by atoms with Crippen molar-refractivity contribution < 1.29 is 13.0 Å². The molecule has 0 radical (unpaired) electrons. The summed E-state index contributed by atoms with van der Waals surface area (Å²) in [7, 11) is -4.01. The fraction of sp³-hybridized carbons (Fsp3) is 0.333.